The van der Waals surface area contributed by atoms with Crippen molar-refractivity contribution >= 4 is 32.9 Å². The highest BCUT2D eigenvalue weighted by Gasteiger charge is 2.15. The van der Waals surface area contributed by atoms with Crippen LogP contribution in [0.5, 0.6) is 5.75 Å². The summed E-state index contributed by atoms with van der Waals surface area (Å²) >= 11 is 4.70. The van der Waals surface area contributed by atoms with Crippen LogP contribution in [-0.4, -0.2) is 30.0 Å². The van der Waals surface area contributed by atoms with E-state index in [2.05, 4.69) is 14.7 Å². The van der Waals surface area contributed by atoms with Crippen molar-refractivity contribution in [2.24, 2.45) is 5.73 Å². The number of anilines is 1. The molecule has 0 unspecified atom stereocenters. The summed E-state index contributed by atoms with van der Waals surface area (Å²) in [7, 11) is -3.69. The number of nitrogens with zero attached hydrogens (tertiary/aromatic N) is 1. The third-order valence-electron chi connectivity index (χ3n) is 2.23. The number of nitrogens with two attached hydrogens (primary N) is 1. The standard InChI is InChI=1S/C11H12N4O3S2/c12-10(19)6-18-9-3-1-2-8(4-9)15-20(16,17)11-5-13-7-14-11/h1-5,7,15H,6H2,(H2,12,19)(H,13,14). The molecule has 0 spiro atoms. The van der Waals surface area contributed by atoms with Crippen molar-refractivity contribution in [1.82, 2.24) is 9.97 Å². The molecule has 0 atom stereocenters. The summed E-state index contributed by atoms with van der Waals surface area (Å²) in [4.78, 5) is 6.41. The summed E-state index contributed by atoms with van der Waals surface area (Å²) in [5, 5.41) is -0.0213. The van der Waals surface area contributed by atoms with E-state index in [0.717, 1.165) is 0 Å². The number of hydrogen-bond acceptors (Lipinski definition) is 5. The molecule has 2 aromatic rings. The predicted octanol–water partition coefficient (Wildman–Crippen LogP) is 0.875. The predicted molar refractivity (Wildman–Crippen MR) is 78.1 cm³/mol. The Balaban J connectivity index is 2.14. The normalized spacial score (nSPS) is 11.0. The van der Waals surface area contributed by atoms with Crippen LogP contribution >= 0.6 is 12.2 Å². The highest BCUT2D eigenvalue weighted by Crippen LogP contribution is 2.20. The van der Waals surface area contributed by atoms with Crippen LogP contribution in [0, 0.1) is 0 Å². The molecule has 9 heteroatoms. The van der Waals surface area contributed by atoms with Gasteiger partial charge in [-0.1, -0.05) is 18.3 Å². The first kappa shape index (κ1) is 14.3. The first-order valence-electron chi connectivity index (χ1n) is 5.50. The number of nitrogens with one attached hydrogen (secondary N) is 2. The number of H-pyrrole nitrogens is 1. The zero-order valence-electron chi connectivity index (χ0n) is 10.2. The van der Waals surface area contributed by atoms with Gasteiger partial charge < -0.3 is 15.5 Å². The minimum absolute atomic E-state index is 0.0213. The Bertz CT molecular complexity index is 698. The van der Waals surface area contributed by atoms with E-state index in [-0.39, 0.29) is 16.6 Å². The van der Waals surface area contributed by atoms with Crippen LogP contribution in [0.2, 0.25) is 0 Å². The second-order valence-corrected chi connectivity index (χ2v) is 5.98. The zero-order valence-corrected chi connectivity index (χ0v) is 11.9. The molecule has 106 valence electrons. The van der Waals surface area contributed by atoms with Gasteiger partial charge in [0.05, 0.1) is 18.2 Å². The first-order chi connectivity index (χ1) is 9.47. The summed E-state index contributed by atoms with van der Waals surface area (Å²) in [6, 6.07) is 6.46. The largest absolute Gasteiger partial charge is 0.486 e. The van der Waals surface area contributed by atoms with Crippen LogP contribution in [0.15, 0.2) is 41.8 Å². The van der Waals surface area contributed by atoms with Crippen molar-refractivity contribution in [2.75, 3.05) is 11.3 Å². The number of thiocarbonyl (C=S) groups is 1. The number of rotatable bonds is 6. The van der Waals surface area contributed by atoms with E-state index in [1.165, 1.54) is 18.6 Å². The van der Waals surface area contributed by atoms with E-state index in [1.54, 1.807) is 18.2 Å². The van der Waals surface area contributed by atoms with Gasteiger partial charge in [0.1, 0.15) is 17.3 Å². The highest BCUT2D eigenvalue weighted by atomic mass is 32.2. The maximum Gasteiger partial charge on any atom is 0.278 e. The summed E-state index contributed by atoms with van der Waals surface area (Å²) in [6.07, 6.45) is 2.51. The van der Waals surface area contributed by atoms with Gasteiger partial charge in [0.15, 0.2) is 5.03 Å². The van der Waals surface area contributed by atoms with Gasteiger partial charge in [-0.15, -0.1) is 0 Å². The Hall–Kier alpha value is -2.13. The van der Waals surface area contributed by atoms with E-state index in [1.807, 2.05) is 0 Å². The molecule has 20 heavy (non-hydrogen) atoms. The molecule has 7 nitrogen and oxygen atoms in total. The average Bonchev–Trinajstić information content (AvgIpc) is 2.91. The van der Waals surface area contributed by atoms with Gasteiger partial charge in [-0.3, -0.25) is 4.72 Å². The van der Waals surface area contributed by atoms with Gasteiger partial charge in [-0.05, 0) is 12.1 Å². The first-order valence-corrected chi connectivity index (χ1v) is 7.39. The maximum absolute atomic E-state index is 12.0. The van der Waals surface area contributed by atoms with Crippen LogP contribution in [0.25, 0.3) is 0 Å². The quantitative estimate of drug-likeness (QED) is 0.683. The van der Waals surface area contributed by atoms with Crippen molar-refractivity contribution < 1.29 is 13.2 Å². The molecular weight excluding hydrogens is 300 g/mol. The Morgan fingerprint density at radius 2 is 2.30 bits per heavy atom. The van der Waals surface area contributed by atoms with Gasteiger partial charge in [-0.25, -0.2) is 4.98 Å². The number of hydrogen-bond donors (Lipinski definition) is 3. The van der Waals surface area contributed by atoms with Crippen molar-refractivity contribution in [3.8, 4) is 5.75 Å². The van der Waals surface area contributed by atoms with Gasteiger partial charge in [0.25, 0.3) is 10.0 Å². The van der Waals surface area contributed by atoms with E-state index in [0.29, 0.717) is 11.4 Å². The van der Waals surface area contributed by atoms with Gasteiger partial charge in [0.2, 0.25) is 0 Å². The van der Waals surface area contributed by atoms with Crippen LogP contribution < -0.4 is 15.2 Å². The van der Waals surface area contributed by atoms with E-state index < -0.39 is 10.0 Å². The average molecular weight is 312 g/mol. The minimum Gasteiger partial charge on any atom is -0.486 e. The molecule has 0 saturated carbocycles. The molecule has 2 rings (SSSR count). The molecule has 0 amide bonds. The monoisotopic (exact) mass is 312 g/mol. The molecule has 0 bridgehead atoms. The van der Waals surface area contributed by atoms with E-state index in [4.69, 9.17) is 22.7 Å². The molecule has 0 fully saturated rings. The molecular formula is C11H12N4O3S2. The fourth-order valence-corrected chi connectivity index (χ4v) is 2.42. The van der Waals surface area contributed by atoms with Crippen molar-refractivity contribution in [3.63, 3.8) is 0 Å². The number of sulfonamides is 1. The molecule has 0 aliphatic rings. The molecule has 1 aromatic carbocycles. The van der Waals surface area contributed by atoms with Crippen molar-refractivity contribution in [1.29, 1.82) is 0 Å². The topological polar surface area (TPSA) is 110 Å². The Labute approximate surface area is 121 Å². The van der Waals surface area contributed by atoms with Gasteiger partial charge >= 0.3 is 0 Å². The second kappa shape index (κ2) is 5.88. The lowest BCUT2D eigenvalue weighted by Gasteiger charge is -2.09. The maximum atomic E-state index is 12.0. The van der Waals surface area contributed by atoms with Crippen LogP contribution in [0.3, 0.4) is 0 Å². The Morgan fingerprint density at radius 3 is 2.95 bits per heavy atom. The molecule has 1 aromatic heterocycles. The van der Waals surface area contributed by atoms with Gasteiger partial charge in [0, 0.05) is 6.07 Å². The summed E-state index contributed by atoms with van der Waals surface area (Å²) in [5.41, 5.74) is 5.69. The summed E-state index contributed by atoms with van der Waals surface area (Å²) in [5.74, 6) is 0.461. The second-order valence-electron chi connectivity index (χ2n) is 3.80. The molecule has 0 saturated heterocycles. The molecule has 4 N–H and O–H groups in total. The lowest BCUT2D eigenvalue weighted by atomic mass is 10.3. The molecule has 0 aliphatic carbocycles. The van der Waals surface area contributed by atoms with E-state index >= 15 is 0 Å². The highest BCUT2D eigenvalue weighted by molar-refractivity contribution is 7.92. The Morgan fingerprint density at radius 1 is 1.50 bits per heavy atom. The third-order valence-corrected chi connectivity index (χ3v) is 3.65. The number of imidazole rings is 1. The third kappa shape index (κ3) is 3.68. The fourth-order valence-electron chi connectivity index (χ4n) is 1.40. The van der Waals surface area contributed by atoms with Crippen LogP contribution in [0.4, 0.5) is 5.69 Å². The fraction of sp³-hybridized carbons (Fsp3) is 0.0909. The smallest absolute Gasteiger partial charge is 0.278 e. The number of aromatic nitrogens is 2. The molecule has 0 aliphatic heterocycles. The van der Waals surface area contributed by atoms with Crippen molar-refractivity contribution in [3.05, 3.63) is 36.8 Å². The van der Waals surface area contributed by atoms with Crippen molar-refractivity contribution in [2.45, 2.75) is 5.03 Å². The summed E-state index contributed by atoms with van der Waals surface area (Å²) < 4.78 is 31.6. The Kier molecular flexibility index (Phi) is 4.20. The van der Waals surface area contributed by atoms with Crippen LogP contribution in [-0.2, 0) is 10.0 Å². The minimum atomic E-state index is -3.69. The van der Waals surface area contributed by atoms with E-state index in [9.17, 15) is 8.42 Å². The summed E-state index contributed by atoms with van der Waals surface area (Å²) in [6.45, 7) is 0.0894. The lowest BCUT2D eigenvalue weighted by Crippen LogP contribution is -2.18. The molecule has 0 radical (unpaired) electrons. The van der Waals surface area contributed by atoms with Gasteiger partial charge in [-0.2, -0.15) is 8.42 Å². The number of aromatic amines is 1. The number of benzene rings is 1. The number of ether oxygens (including phenoxy) is 1. The lowest BCUT2D eigenvalue weighted by molar-refractivity contribution is 0.378. The zero-order chi connectivity index (χ0) is 14.6. The van der Waals surface area contributed by atoms with Crippen LogP contribution in [0.1, 0.15) is 0 Å². The SMILES string of the molecule is NC(=S)COc1cccc(NS(=O)(=O)c2cnc[nH]2)c1. The molecule has 1 heterocycles.